The van der Waals surface area contributed by atoms with E-state index in [1.165, 1.54) is 18.3 Å². The molecule has 1 amide bonds. The molecule has 0 aliphatic carbocycles. The van der Waals surface area contributed by atoms with Gasteiger partial charge < -0.3 is 10.1 Å². The van der Waals surface area contributed by atoms with Gasteiger partial charge in [0.25, 0.3) is 0 Å². The number of carbonyl (C=O) groups is 1. The lowest BCUT2D eigenvalue weighted by Gasteiger charge is -2.42. The van der Waals surface area contributed by atoms with Gasteiger partial charge in [0.1, 0.15) is 0 Å². The molecule has 1 N–H and O–H groups in total. The van der Waals surface area contributed by atoms with Crippen LogP contribution in [0.25, 0.3) is 0 Å². The second-order valence-electron chi connectivity index (χ2n) is 7.10. The molecule has 0 unspecified atom stereocenters. The molecule has 0 radical (unpaired) electrons. The van der Waals surface area contributed by atoms with E-state index in [-0.39, 0.29) is 17.8 Å². The fourth-order valence-corrected chi connectivity index (χ4v) is 2.83. The fourth-order valence-electron chi connectivity index (χ4n) is 2.83. The van der Waals surface area contributed by atoms with Crippen LogP contribution in [0.3, 0.4) is 0 Å². The summed E-state index contributed by atoms with van der Waals surface area (Å²) in [5.41, 5.74) is -0.732. The first-order chi connectivity index (χ1) is 11.8. The number of nitrogens with one attached hydrogen (secondary N) is 1. The van der Waals surface area contributed by atoms with Gasteiger partial charge in [-0.2, -0.15) is 0 Å². The van der Waals surface area contributed by atoms with Gasteiger partial charge in [0.2, 0.25) is 5.91 Å². The van der Waals surface area contributed by atoms with Gasteiger partial charge in [-0.05, 0) is 39.8 Å². The number of piperazine rings is 1. The SMILES string of the molecule is CC(C)OCCN1CCN(C(C)(C)C(=O)Nc2ncccc2F)CC1. The van der Waals surface area contributed by atoms with Gasteiger partial charge in [-0.15, -0.1) is 0 Å². The van der Waals surface area contributed by atoms with E-state index in [0.717, 1.165) is 39.3 Å². The van der Waals surface area contributed by atoms with Crippen LogP contribution in [-0.2, 0) is 9.53 Å². The van der Waals surface area contributed by atoms with Crippen molar-refractivity contribution in [1.82, 2.24) is 14.8 Å². The van der Waals surface area contributed by atoms with E-state index in [2.05, 4.69) is 20.1 Å². The lowest BCUT2D eigenvalue weighted by atomic mass is 10.00. The highest BCUT2D eigenvalue weighted by Gasteiger charge is 2.36. The monoisotopic (exact) mass is 352 g/mol. The molecule has 0 aromatic carbocycles. The molecule has 1 saturated heterocycles. The third-order valence-electron chi connectivity index (χ3n) is 4.57. The van der Waals surface area contributed by atoms with Crippen LogP contribution in [0.2, 0.25) is 0 Å². The number of amides is 1. The highest BCUT2D eigenvalue weighted by atomic mass is 19.1. The summed E-state index contributed by atoms with van der Waals surface area (Å²) in [5, 5.41) is 2.61. The molecule has 0 saturated carbocycles. The molecule has 6 nitrogen and oxygen atoms in total. The summed E-state index contributed by atoms with van der Waals surface area (Å²) < 4.78 is 19.3. The normalized spacial score (nSPS) is 17.0. The Hall–Kier alpha value is -1.57. The molecular formula is C18H29FN4O2. The highest BCUT2D eigenvalue weighted by molar-refractivity contribution is 5.96. The number of nitrogens with zero attached hydrogens (tertiary/aromatic N) is 3. The number of carbonyl (C=O) groups excluding carboxylic acids is 1. The summed E-state index contributed by atoms with van der Waals surface area (Å²) in [5.74, 6) is -0.798. The van der Waals surface area contributed by atoms with Crippen LogP contribution in [0, 0.1) is 5.82 Å². The number of rotatable bonds is 7. The van der Waals surface area contributed by atoms with E-state index in [9.17, 15) is 9.18 Å². The van der Waals surface area contributed by atoms with Crippen molar-refractivity contribution in [3.8, 4) is 0 Å². The molecule has 1 aliphatic heterocycles. The van der Waals surface area contributed by atoms with Crippen molar-refractivity contribution in [2.75, 3.05) is 44.6 Å². The Morgan fingerprint density at radius 3 is 2.64 bits per heavy atom. The average molecular weight is 352 g/mol. The van der Waals surface area contributed by atoms with Crippen molar-refractivity contribution >= 4 is 11.7 Å². The van der Waals surface area contributed by atoms with E-state index in [1.54, 1.807) is 0 Å². The number of pyridine rings is 1. The van der Waals surface area contributed by atoms with Crippen LogP contribution < -0.4 is 5.32 Å². The zero-order valence-corrected chi connectivity index (χ0v) is 15.6. The molecule has 2 heterocycles. The summed E-state index contributed by atoms with van der Waals surface area (Å²) in [6, 6.07) is 2.78. The first kappa shape index (κ1) is 19.8. The lowest BCUT2D eigenvalue weighted by Crippen LogP contribution is -2.59. The summed E-state index contributed by atoms with van der Waals surface area (Å²) in [7, 11) is 0. The van der Waals surface area contributed by atoms with Crippen LogP contribution in [0.5, 0.6) is 0 Å². The Morgan fingerprint density at radius 1 is 1.36 bits per heavy atom. The second-order valence-corrected chi connectivity index (χ2v) is 7.10. The lowest BCUT2D eigenvalue weighted by molar-refractivity contribution is -0.127. The topological polar surface area (TPSA) is 57.7 Å². The largest absolute Gasteiger partial charge is 0.377 e. The Balaban J connectivity index is 1.86. The van der Waals surface area contributed by atoms with Crippen molar-refractivity contribution in [3.05, 3.63) is 24.1 Å². The zero-order valence-electron chi connectivity index (χ0n) is 15.6. The molecule has 0 spiro atoms. The number of hydrogen-bond acceptors (Lipinski definition) is 5. The van der Waals surface area contributed by atoms with Gasteiger partial charge >= 0.3 is 0 Å². The van der Waals surface area contributed by atoms with Crippen LogP contribution in [0.1, 0.15) is 27.7 Å². The third kappa shape index (κ3) is 5.45. The molecule has 2 rings (SSSR count). The van der Waals surface area contributed by atoms with Crippen molar-refractivity contribution in [2.45, 2.75) is 39.3 Å². The minimum atomic E-state index is -0.732. The smallest absolute Gasteiger partial charge is 0.245 e. The number of anilines is 1. The first-order valence-corrected chi connectivity index (χ1v) is 8.81. The summed E-state index contributed by atoms with van der Waals surface area (Å²) in [6.45, 7) is 12.7. The molecule has 7 heteroatoms. The van der Waals surface area contributed by atoms with Crippen LogP contribution >= 0.6 is 0 Å². The van der Waals surface area contributed by atoms with Gasteiger partial charge in [-0.3, -0.25) is 14.6 Å². The predicted molar refractivity (Wildman–Crippen MR) is 96.0 cm³/mol. The van der Waals surface area contributed by atoms with E-state index < -0.39 is 11.4 Å². The van der Waals surface area contributed by atoms with Crippen LogP contribution in [-0.4, -0.2) is 71.7 Å². The van der Waals surface area contributed by atoms with E-state index in [1.807, 2.05) is 27.7 Å². The van der Waals surface area contributed by atoms with Gasteiger partial charge in [0, 0.05) is 38.9 Å². The Bertz CT molecular complexity index is 572. The van der Waals surface area contributed by atoms with Crippen molar-refractivity contribution in [2.24, 2.45) is 0 Å². The van der Waals surface area contributed by atoms with Crippen molar-refractivity contribution < 1.29 is 13.9 Å². The quantitative estimate of drug-likeness (QED) is 0.813. The Labute approximate surface area is 149 Å². The summed E-state index contributed by atoms with van der Waals surface area (Å²) in [4.78, 5) is 21.0. The van der Waals surface area contributed by atoms with Gasteiger partial charge in [0.15, 0.2) is 11.6 Å². The minimum absolute atomic E-state index is 0.0231. The maximum absolute atomic E-state index is 13.7. The van der Waals surface area contributed by atoms with E-state index >= 15 is 0 Å². The molecule has 25 heavy (non-hydrogen) atoms. The third-order valence-corrected chi connectivity index (χ3v) is 4.57. The Kier molecular flexibility index (Phi) is 6.87. The molecule has 1 aromatic rings. The predicted octanol–water partition coefficient (Wildman–Crippen LogP) is 1.98. The number of ether oxygens (including phenoxy) is 1. The first-order valence-electron chi connectivity index (χ1n) is 8.81. The minimum Gasteiger partial charge on any atom is -0.377 e. The second kappa shape index (κ2) is 8.69. The van der Waals surface area contributed by atoms with Crippen LogP contribution in [0.15, 0.2) is 18.3 Å². The number of hydrogen-bond donors (Lipinski definition) is 1. The Morgan fingerprint density at radius 2 is 2.04 bits per heavy atom. The standard InChI is InChI=1S/C18H29FN4O2/c1-14(2)25-13-12-22-8-10-23(11-9-22)18(3,4)17(24)21-16-15(19)6-5-7-20-16/h5-7,14H,8-13H2,1-4H3,(H,20,21,24). The van der Waals surface area contributed by atoms with Gasteiger partial charge in [-0.1, -0.05) is 0 Å². The molecule has 0 atom stereocenters. The maximum Gasteiger partial charge on any atom is 0.245 e. The van der Waals surface area contributed by atoms with Crippen molar-refractivity contribution in [3.63, 3.8) is 0 Å². The highest BCUT2D eigenvalue weighted by Crippen LogP contribution is 2.20. The van der Waals surface area contributed by atoms with E-state index in [0.29, 0.717) is 0 Å². The van der Waals surface area contributed by atoms with Crippen molar-refractivity contribution in [1.29, 1.82) is 0 Å². The molecule has 140 valence electrons. The molecule has 1 aliphatic rings. The summed E-state index contributed by atoms with van der Waals surface area (Å²) in [6.07, 6.45) is 1.71. The molecule has 1 aromatic heterocycles. The maximum atomic E-state index is 13.7. The molecule has 1 fully saturated rings. The van der Waals surface area contributed by atoms with Crippen LogP contribution in [0.4, 0.5) is 10.2 Å². The summed E-state index contributed by atoms with van der Waals surface area (Å²) >= 11 is 0. The average Bonchev–Trinajstić information content (AvgIpc) is 2.57. The fraction of sp³-hybridized carbons (Fsp3) is 0.667. The van der Waals surface area contributed by atoms with E-state index in [4.69, 9.17) is 4.74 Å². The zero-order chi connectivity index (χ0) is 18.4. The number of aromatic nitrogens is 1. The molecular weight excluding hydrogens is 323 g/mol. The van der Waals surface area contributed by atoms with Gasteiger partial charge in [0.05, 0.1) is 18.2 Å². The molecule has 0 bridgehead atoms. The number of halogens is 1. The van der Waals surface area contributed by atoms with Gasteiger partial charge in [-0.25, -0.2) is 9.37 Å².